The molecule has 1 aromatic heterocycles. The van der Waals surface area contributed by atoms with Gasteiger partial charge in [0.2, 0.25) is 17.8 Å². The third kappa shape index (κ3) is 3.94. The van der Waals surface area contributed by atoms with Crippen LogP contribution in [-0.4, -0.2) is 34.9 Å². The molecule has 1 fully saturated rings. The van der Waals surface area contributed by atoms with E-state index in [1.54, 1.807) is 0 Å². The zero-order valence-electron chi connectivity index (χ0n) is 17.5. The van der Waals surface area contributed by atoms with E-state index in [1.165, 1.54) is 0 Å². The number of piperidine rings is 1. The van der Waals surface area contributed by atoms with E-state index < -0.39 is 5.92 Å². The Hall–Kier alpha value is -3.16. The number of benzene rings is 1. The summed E-state index contributed by atoms with van der Waals surface area (Å²) in [4.78, 5) is 47.6. The predicted molar refractivity (Wildman–Crippen MR) is 116 cm³/mol. The number of nitrogens with zero attached hydrogens (tertiary/aromatic N) is 2. The Morgan fingerprint density at radius 3 is 2.77 bits per heavy atom. The second-order valence-corrected chi connectivity index (χ2v) is 8.44. The van der Waals surface area contributed by atoms with E-state index in [0.29, 0.717) is 17.6 Å². The third-order valence-corrected chi connectivity index (χ3v) is 5.99. The van der Waals surface area contributed by atoms with Crippen molar-refractivity contribution in [1.82, 2.24) is 9.97 Å². The van der Waals surface area contributed by atoms with Crippen LogP contribution in [-0.2, 0) is 9.59 Å². The minimum Gasteiger partial charge on any atom is -0.342 e. The number of carbonyl (C=O) groups excluding carboxylic acids is 2. The summed E-state index contributed by atoms with van der Waals surface area (Å²) in [7, 11) is 0. The minimum atomic E-state index is -0.888. The third-order valence-electron chi connectivity index (χ3n) is 5.99. The van der Waals surface area contributed by atoms with Crippen molar-refractivity contribution in [3.05, 3.63) is 45.2 Å². The molecule has 0 bridgehead atoms. The molecule has 0 aliphatic carbocycles. The first-order valence-corrected chi connectivity index (χ1v) is 10.4. The molecule has 0 unspecified atom stereocenters. The van der Waals surface area contributed by atoms with Crippen LogP contribution in [0.2, 0.25) is 0 Å². The van der Waals surface area contributed by atoms with E-state index in [1.807, 2.05) is 36.9 Å². The number of H-pyrrole nitrogens is 1. The summed E-state index contributed by atoms with van der Waals surface area (Å²) < 4.78 is 0. The van der Waals surface area contributed by atoms with Gasteiger partial charge in [-0.05, 0) is 55.9 Å². The first kappa shape index (κ1) is 20.1. The summed E-state index contributed by atoms with van der Waals surface area (Å²) in [6, 6.07) is 5.61. The fourth-order valence-corrected chi connectivity index (χ4v) is 4.16. The van der Waals surface area contributed by atoms with Crippen LogP contribution in [0.3, 0.4) is 0 Å². The Kier molecular flexibility index (Phi) is 5.32. The number of fused-ring (bicyclic) bond motifs is 1. The molecule has 30 heavy (non-hydrogen) atoms. The average Bonchev–Trinajstić information content (AvgIpc) is 2.69. The summed E-state index contributed by atoms with van der Waals surface area (Å²) in [5, 5.41) is 5.52. The van der Waals surface area contributed by atoms with Crippen molar-refractivity contribution in [3.8, 4) is 0 Å². The van der Waals surface area contributed by atoms with Crippen molar-refractivity contribution < 1.29 is 9.59 Å². The van der Waals surface area contributed by atoms with Gasteiger partial charge >= 0.3 is 0 Å². The molecule has 8 nitrogen and oxygen atoms in total. The van der Waals surface area contributed by atoms with Crippen LogP contribution in [0.4, 0.5) is 17.5 Å². The molecule has 2 amide bonds. The molecule has 1 aromatic carbocycles. The predicted octanol–water partition coefficient (Wildman–Crippen LogP) is 2.69. The van der Waals surface area contributed by atoms with E-state index in [4.69, 9.17) is 0 Å². The van der Waals surface area contributed by atoms with Crippen molar-refractivity contribution in [2.75, 3.05) is 28.6 Å². The van der Waals surface area contributed by atoms with Crippen LogP contribution in [0.25, 0.3) is 0 Å². The highest BCUT2D eigenvalue weighted by molar-refractivity contribution is 6.04. The number of anilines is 3. The second-order valence-electron chi connectivity index (χ2n) is 8.44. The number of rotatable bonds is 3. The van der Waals surface area contributed by atoms with Crippen molar-refractivity contribution in [3.63, 3.8) is 0 Å². The normalized spacial score (nSPS) is 21.0. The molecule has 4 rings (SSSR count). The van der Waals surface area contributed by atoms with E-state index in [-0.39, 0.29) is 35.2 Å². The number of carbonyl (C=O) groups is 2. The molecule has 2 aliphatic rings. The van der Waals surface area contributed by atoms with Gasteiger partial charge in [-0.3, -0.25) is 19.4 Å². The van der Waals surface area contributed by atoms with Gasteiger partial charge in [0.05, 0.1) is 11.5 Å². The van der Waals surface area contributed by atoms with Crippen LogP contribution in [0, 0.1) is 19.8 Å². The van der Waals surface area contributed by atoms with E-state index in [0.717, 1.165) is 37.1 Å². The van der Waals surface area contributed by atoms with Crippen LogP contribution in [0.1, 0.15) is 48.8 Å². The Bertz CT molecular complexity index is 1060. The van der Waals surface area contributed by atoms with Gasteiger partial charge in [0, 0.05) is 25.2 Å². The first-order chi connectivity index (χ1) is 14.3. The Morgan fingerprint density at radius 1 is 1.23 bits per heavy atom. The molecule has 1 saturated heterocycles. The first-order valence-electron chi connectivity index (χ1n) is 10.4. The topological polar surface area (TPSA) is 107 Å². The summed E-state index contributed by atoms with van der Waals surface area (Å²) in [6.07, 6.45) is 2.08. The maximum absolute atomic E-state index is 13.0. The monoisotopic (exact) mass is 409 g/mol. The second kappa shape index (κ2) is 7.93. The van der Waals surface area contributed by atoms with Gasteiger partial charge in [-0.15, -0.1) is 0 Å². The van der Waals surface area contributed by atoms with Crippen molar-refractivity contribution >= 4 is 29.3 Å². The number of aryl methyl sites for hydroxylation is 2. The van der Waals surface area contributed by atoms with E-state index in [9.17, 15) is 14.4 Å². The summed E-state index contributed by atoms with van der Waals surface area (Å²) in [5.74, 6) is -0.462. The van der Waals surface area contributed by atoms with Gasteiger partial charge in [-0.25, -0.2) is 0 Å². The number of amides is 2. The van der Waals surface area contributed by atoms with Gasteiger partial charge < -0.3 is 15.5 Å². The Morgan fingerprint density at radius 2 is 2.03 bits per heavy atom. The molecule has 158 valence electrons. The Balaban J connectivity index is 1.64. The van der Waals surface area contributed by atoms with Gasteiger partial charge in [0.15, 0.2) is 0 Å². The number of nitrogens with one attached hydrogen (secondary N) is 3. The highest BCUT2D eigenvalue weighted by Gasteiger charge is 2.35. The lowest BCUT2D eigenvalue weighted by Crippen LogP contribution is -2.40. The fourth-order valence-electron chi connectivity index (χ4n) is 4.16. The molecule has 0 saturated carbocycles. The zero-order chi connectivity index (χ0) is 21.4. The lowest BCUT2D eigenvalue weighted by atomic mass is 9.92. The highest BCUT2D eigenvalue weighted by atomic mass is 16.2. The standard InChI is InChI=1S/C22H27N5O3/c1-12-5-4-8-27(11-12)22-25-19-18(21(30)26-22)16(10-17(28)24-19)20(29)23-15-7-6-13(2)14(3)9-15/h6-7,9,12,16H,4-5,8,10-11H2,1-3H3,(H,23,29)(H2,24,25,26,28,30)/t12-,16-/m1/s1. The number of aromatic amines is 1. The summed E-state index contributed by atoms with van der Waals surface area (Å²) in [6.45, 7) is 7.72. The summed E-state index contributed by atoms with van der Waals surface area (Å²) in [5.41, 5.74) is 2.64. The molecule has 8 heteroatoms. The molecule has 0 radical (unpaired) electrons. The van der Waals surface area contributed by atoms with Crippen molar-refractivity contribution in [2.24, 2.45) is 5.92 Å². The molecule has 2 aromatic rings. The highest BCUT2D eigenvalue weighted by Crippen LogP contribution is 2.31. The fraction of sp³-hybridized carbons (Fsp3) is 0.455. The van der Waals surface area contributed by atoms with Crippen LogP contribution in [0.15, 0.2) is 23.0 Å². The molecular formula is C22H27N5O3. The molecule has 2 atom stereocenters. The maximum atomic E-state index is 13.0. The smallest absolute Gasteiger partial charge is 0.258 e. The average molecular weight is 409 g/mol. The SMILES string of the molecule is Cc1ccc(NC(=O)[C@@H]2CC(=O)Nc3nc(N4CCC[C@@H](C)C4)[nH]c(=O)c32)cc1C. The molecule has 3 heterocycles. The van der Waals surface area contributed by atoms with Gasteiger partial charge in [-0.2, -0.15) is 4.98 Å². The molecule has 0 spiro atoms. The van der Waals surface area contributed by atoms with Crippen LogP contribution < -0.4 is 21.1 Å². The van der Waals surface area contributed by atoms with E-state index in [2.05, 4.69) is 27.5 Å². The van der Waals surface area contributed by atoms with Gasteiger partial charge in [0.1, 0.15) is 5.82 Å². The van der Waals surface area contributed by atoms with E-state index >= 15 is 0 Å². The maximum Gasteiger partial charge on any atom is 0.258 e. The summed E-state index contributed by atoms with van der Waals surface area (Å²) >= 11 is 0. The van der Waals surface area contributed by atoms with Gasteiger partial charge in [-0.1, -0.05) is 13.0 Å². The lowest BCUT2D eigenvalue weighted by Gasteiger charge is -2.32. The number of hydrogen-bond acceptors (Lipinski definition) is 5. The van der Waals surface area contributed by atoms with Crippen molar-refractivity contribution in [1.29, 1.82) is 0 Å². The number of hydrogen-bond donors (Lipinski definition) is 3. The molecular weight excluding hydrogens is 382 g/mol. The van der Waals surface area contributed by atoms with Crippen LogP contribution >= 0.6 is 0 Å². The number of aromatic nitrogens is 2. The quantitative estimate of drug-likeness (QED) is 0.723. The Labute approximate surface area is 175 Å². The lowest BCUT2D eigenvalue weighted by molar-refractivity contribution is -0.123. The minimum absolute atomic E-state index is 0.0888. The molecule has 3 N–H and O–H groups in total. The largest absolute Gasteiger partial charge is 0.342 e. The van der Waals surface area contributed by atoms with Gasteiger partial charge in [0.25, 0.3) is 5.56 Å². The van der Waals surface area contributed by atoms with Crippen LogP contribution in [0.5, 0.6) is 0 Å². The molecule has 2 aliphatic heterocycles. The van der Waals surface area contributed by atoms with Crippen molar-refractivity contribution in [2.45, 2.75) is 46.0 Å². The zero-order valence-corrected chi connectivity index (χ0v) is 17.5.